The number of rotatable bonds is 8. The Morgan fingerprint density at radius 3 is 2.38 bits per heavy atom. The maximum absolute atomic E-state index is 13.1. The van der Waals surface area contributed by atoms with Crippen molar-refractivity contribution in [1.82, 2.24) is 9.80 Å². The number of hydrogen-bond acceptors (Lipinski definition) is 6. The van der Waals surface area contributed by atoms with Crippen molar-refractivity contribution in [3.05, 3.63) is 64.7 Å². The summed E-state index contributed by atoms with van der Waals surface area (Å²) in [4.78, 5) is 29.7. The first kappa shape index (κ1) is 23.3. The van der Waals surface area contributed by atoms with Gasteiger partial charge in [-0.25, -0.2) is 0 Å². The van der Waals surface area contributed by atoms with Gasteiger partial charge in [0.25, 0.3) is 11.7 Å². The van der Waals surface area contributed by atoms with Crippen LogP contribution >= 0.6 is 0 Å². The second kappa shape index (κ2) is 9.87. The Bertz CT molecular complexity index is 1040. The molecule has 1 aliphatic rings. The molecule has 32 heavy (non-hydrogen) atoms. The molecule has 7 heteroatoms. The van der Waals surface area contributed by atoms with Gasteiger partial charge >= 0.3 is 0 Å². The highest BCUT2D eigenvalue weighted by molar-refractivity contribution is 6.46. The summed E-state index contributed by atoms with van der Waals surface area (Å²) in [5.74, 6) is -0.302. The zero-order valence-electron chi connectivity index (χ0n) is 19.2. The van der Waals surface area contributed by atoms with Gasteiger partial charge in [0.15, 0.2) is 0 Å². The highest BCUT2D eigenvalue weighted by Gasteiger charge is 2.46. The molecule has 3 rings (SSSR count). The number of benzene rings is 2. The third kappa shape index (κ3) is 4.48. The second-order valence-corrected chi connectivity index (χ2v) is 8.08. The highest BCUT2D eigenvalue weighted by Crippen LogP contribution is 2.42. The van der Waals surface area contributed by atoms with Gasteiger partial charge in [0.1, 0.15) is 17.3 Å². The van der Waals surface area contributed by atoms with Crippen LogP contribution in [-0.2, 0) is 9.59 Å². The largest absolute Gasteiger partial charge is 0.507 e. The summed E-state index contributed by atoms with van der Waals surface area (Å²) in [5, 5.41) is 11.2. The molecule has 0 bridgehead atoms. The zero-order valence-corrected chi connectivity index (χ0v) is 19.2. The van der Waals surface area contributed by atoms with E-state index in [1.54, 1.807) is 38.5 Å². The lowest BCUT2D eigenvalue weighted by atomic mass is 9.94. The van der Waals surface area contributed by atoms with Crippen LogP contribution in [0.4, 0.5) is 0 Å². The van der Waals surface area contributed by atoms with Crippen LogP contribution in [0.2, 0.25) is 0 Å². The molecule has 1 atom stereocenters. The molecule has 1 saturated heterocycles. The smallest absolute Gasteiger partial charge is 0.295 e. The van der Waals surface area contributed by atoms with Crippen LogP contribution in [0.3, 0.4) is 0 Å². The first-order valence-electron chi connectivity index (χ1n) is 10.5. The van der Waals surface area contributed by atoms with Crippen LogP contribution in [0.5, 0.6) is 11.5 Å². The van der Waals surface area contributed by atoms with Crippen molar-refractivity contribution in [2.24, 2.45) is 0 Å². The number of aliphatic hydroxyl groups is 1. The Morgan fingerprint density at radius 1 is 1.06 bits per heavy atom. The summed E-state index contributed by atoms with van der Waals surface area (Å²) in [6, 6.07) is 11.7. The molecule has 0 radical (unpaired) electrons. The number of hydrogen-bond donors (Lipinski definition) is 1. The van der Waals surface area contributed by atoms with Gasteiger partial charge in [-0.1, -0.05) is 18.2 Å². The monoisotopic (exact) mass is 438 g/mol. The van der Waals surface area contributed by atoms with E-state index < -0.39 is 17.7 Å². The van der Waals surface area contributed by atoms with E-state index in [-0.39, 0.29) is 11.3 Å². The van der Waals surface area contributed by atoms with E-state index in [1.165, 1.54) is 4.90 Å². The number of Topliss-reactive ketones (excluding diaryl/α,β-unsaturated/α-hetero) is 1. The number of amides is 1. The molecule has 0 aliphatic carbocycles. The molecule has 1 aliphatic heterocycles. The van der Waals surface area contributed by atoms with E-state index in [9.17, 15) is 14.7 Å². The Balaban J connectivity index is 2.15. The second-order valence-electron chi connectivity index (χ2n) is 8.08. The lowest BCUT2D eigenvalue weighted by Crippen LogP contribution is -2.32. The molecular formula is C25H30N2O5. The number of ketones is 1. The van der Waals surface area contributed by atoms with Crippen molar-refractivity contribution >= 4 is 17.4 Å². The maximum atomic E-state index is 13.1. The van der Waals surface area contributed by atoms with Crippen molar-refractivity contribution in [3.63, 3.8) is 0 Å². The van der Waals surface area contributed by atoms with Crippen LogP contribution < -0.4 is 9.47 Å². The van der Waals surface area contributed by atoms with Gasteiger partial charge in [-0.2, -0.15) is 0 Å². The fourth-order valence-corrected chi connectivity index (χ4v) is 4.06. The summed E-state index contributed by atoms with van der Waals surface area (Å²) in [5.41, 5.74) is 1.99. The van der Waals surface area contributed by atoms with Gasteiger partial charge in [-0.05, 0) is 63.8 Å². The number of methoxy groups -OCH3 is 2. The molecule has 0 spiro atoms. The number of aryl methyl sites for hydroxylation is 1. The summed E-state index contributed by atoms with van der Waals surface area (Å²) in [7, 11) is 7.03. The normalized spacial score (nSPS) is 17.8. The molecule has 7 nitrogen and oxygen atoms in total. The summed E-state index contributed by atoms with van der Waals surface area (Å²) >= 11 is 0. The minimum atomic E-state index is -0.740. The first-order chi connectivity index (χ1) is 15.3. The summed E-state index contributed by atoms with van der Waals surface area (Å²) < 4.78 is 10.8. The zero-order chi connectivity index (χ0) is 23.4. The van der Waals surface area contributed by atoms with E-state index in [1.807, 2.05) is 44.1 Å². The highest BCUT2D eigenvalue weighted by atomic mass is 16.5. The number of para-hydroxylation sites is 1. The lowest BCUT2D eigenvalue weighted by Gasteiger charge is -2.27. The van der Waals surface area contributed by atoms with Gasteiger partial charge in [0.05, 0.1) is 25.8 Å². The quantitative estimate of drug-likeness (QED) is 0.387. The third-order valence-electron chi connectivity index (χ3n) is 5.65. The number of aliphatic hydroxyl groups excluding tert-OH is 1. The fraction of sp³-hybridized carbons (Fsp3) is 0.360. The van der Waals surface area contributed by atoms with Crippen molar-refractivity contribution < 1.29 is 24.2 Å². The van der Waals surface area contributed by atoms with Crippen LogP contribution in [-0.4, -0.2) is 68.0 Å². The van der Waals surface area contributed by atoms with Crippen molar-refractivity contribution in [3.8, 4) is 11.5 Å². The minimum Gasteiger partial charge on any atom is -0.507 e. The Labute approximate surface area is 188 Å². The molecule has 1 amide bonds. The van der Waals surface area contributed by atoms with E-state index in [4.69, 9.17) is 9.47 Å². The predicted molar refractivity (Wildman–Crippen MR) is 123 cm³/mol. The molecule has 1 heterocycles. The number of carbonyl (C=O) groups is 2. The molecule has 170 valence electrons. The molecule has 0 aromatic heterocycles. The van der Waals surface area contributed by atoms with Crippen LogP contribution in [0.1, 0.15) is 29.2 Å². The van der Waals surface area contributed by atoms with E-state index >= 15 is 0 Å². The third-order valence-corrected chi connectivity index (χ3v) is 5.65. The first-order valence-corrected chi connectivity index (χ1v) is 10.5. The molecule has 0 unspecified atom stereocenters. The van der Waals surface area contributed by atoms with Gasteiger partial charge in [0.2, 0.25) is 0 Å². The number of likely N-dealkylation sites (tertiary alicyclic amines) is 1. The molecule has 2 aromatic carbocycles. The summed E-state index contributed by atoms with van der Waals surface area (Å²) in [6.07, 6.45) is 0.688. The van der Waals surface area contributed by atoms with Crippen molar-refractivity contribution in [1.29, 1.82) is 0 Å². The number of carbonyl (C=O) groups excluding carboxylic acids is 2. The number of ether oxygens (including phenoxy) is 2. The van der Waals surface area contributed by atoms with Crippen molar-refractivity contribution in [2.75, 3.05) is 41.4 Å². The Kier molecular flexibility index (Phi) is 7.20. The fourth-order valence-electron chi connectivity index (χ4n) is 4.06. The Hall–Kier alpha value is -3.32. The average molecular weight is 439 g/mol. The van der Waals surface area contributed by atoms with Crippen LogP contribution in [0.25, 0.3) is 5.76 Å². The summed E-state index contributed by atoms with van der Waals surface area (Å²) in [6.45, 7) is 3.00. The van der Waals surface area contributed by atoms with Gasteiger partial charge in [-0.3, -0.25) is 9.59 Å². The molecular weight excluding hydrogens is 408 g/mol. The maximum Gasteiger partial charge on any atom is 0.295 e. The van der Waals surface area contributed by atoms with E-state index in [0.717, 1.165) is 12.1 Å². The topological polar surface area (TPSA) is 79.3 Å². The molecule has 2 aromatic rings. The lowest BCUT2D eigenvalue weighted by molar-refractivity contribution is -0.140. The number of nitrogens with zero attached hydrogens (tertiary/aromatic N) is 2. The SMILES string of the molecule is COc1ccc(/C(O)=C2\C(=O)C(=O)N(CCCN(C)C)[C@@H]2c2ccccc2OC)cc1C. The predicted octanol–water partition coefficient (Wildman–Crippen LogP) is 3.39. The van der Waals surface area contributed by atoms with Crippen LogP contribution in [0, 0.1) is 6.92 Å². The van der Waals surface area contributed by atoms with Gasteiger partial charge in [-0.15, -0.1) is 0 Å². The van der Waals surface area contributed by atoms with Crippen LogP contribution in [0.15, 0.2) is 48.0 Å². The van der Waals surface area contributed by atoms with Crippen molar-refractivity contribution in [2.45, 2.75) is 19.4 Å². The standard InChI is InChI=1S/C25H30N2O5/c1-16-15-17(11-12-19(16)31-4)23(28)21-22(18-9-6-7-10-20(18)32-5)27(25(30)24(21)29)14-8-13-26(2)3/h6-7,9-12,15,22,28H,8,13-14H2,1-5H3/b23-21+/t22-/m1/s1. The molecule has 1 N–H and O–H groups in total. The molecule has 1 fully saturated rings. The van der Waals surface area contributed by atoms with E-state index in [0.29, 0.717) is 35.6 Å². The Morgan fingerprint density at radius 2 is 1.75 bits per heavy atom. The molecule has 0 saturated carbocycles. The average Bonchev–Trinajstić information content (AvgIpc) is 3.03. The van der Waals surface area contributed by atoms with Gasteiger partial charge < -0.3 is 24.4 Å². The minimum absolute atomic E-state index is 0.0638. The van der Waals surface area contributed by atoms with E-state index in [2.05, 4.69) is 0 Å². The van der Waals surface area contributed by atoms with Gasteiger partial charge in [0, 0.05) is 17.7 Å².